The predicted octanol–water partition coefficient (Wildman–Crippen LogP) is 3.09. The fourth-order valence-electron chi connectivity index (χ4n) is 2.11. The van der Waals surface area contributed by atoms with E-state index in [1.54, 1.807) is 6.20 Å². The van der Waals surface area contributed by atoms with E-state index in [-0.39, 0.29) is 12.0 Å². The van der Waals surface area contributed by atoms with Crippen molar-refractivity contribution in [2.24, 2.45) is 5.41 Å². The van der Waals surface area contributed by atoms with Crippen LogP contribution in [0.3, 0.4) is 0 Å². The van der Waals surface area contributed by atoms with Crippen LogP contribution >= 0.6 is 27.5 Å². The lowest BCUT2D eigenvalue weighted by atomic mass is 9.94. The average molecular weight is 362 g/mol. The summed E-state index contributed by atoms with van der Waals surface area (Å²) in [6.45, 7) is 5.02. The molecule has 6 heteroatoms. The lowest BCUT2D eigenvalue weighted by Gasteiger charge is -2.27. The maximum Gasteiger partial charge on any atom is 0.229 e. The van der Waals surface area contributed by atoms with Crippen molar-refractivity contribution in [2.75, 3.05) is 19.0 Å². The summed E-state index contributed by atoms with van der Waals surface area (Å²) >= 11 is 9.26. The number of carbonyl (C=O) groups is 1. The number of rotatable bonds is 4. The molecule has 1 aliphatic rings. The van der Waals surface area contributed by atoms with E-state index >= 15 is 0 Å². The monoisotopic (exact) mass is 360 g/mol. The van der Waals surface area contributed by atoms with E-state index in [0.717, 1.165) is 10.9 Å². The number of amides is 1. The second-order valence-corrected chi connectivity index (χ2v) is 6.71. The smallest absolute Gasteiger partial charge is 0.229 e. The Morgan fingerprint density at radius 2 is 2.40 bits per heavy atom. The summed E-state index contributed by atoms with van der Waals surface area (Å²) in [6.07, 6.45) is 2.48. The molecule has 0 aromatic carbocycles. The zero-order chi connectivity index (χ0) is 14.8. The van der Waals surface area contributed by atoms with Crippen LogP contribution in [-0.2, 0) is 4.79 Å². The summed E-state index contributed by atoms with van der Waals surface area (Å²) in [5, 5.41) is 0. The van der Waals surface area contributed by atoms with Gasteiger partial charge in [-0.1, -0.05) is 0 Å². The SMILES string of the molecule is CC(C)(CCl)C(=O)N1CCC(Oc2ncccc2Br)C1. The summed E-state index contributed by atoms with van der Waals surface area (Å²) in [7, 11) is 0. The van der Waals surface area contributed by atoms with Crippen LogP contribution in [0.2, 0.25) is 0 Å². The van der Waals surface area contributed by atoms with Gasteiger partial charge in [0.15, 0.2) is 0 Å². The van der Waals surface area contributed by atoms with E-state index in [1.165, 1.54) is 0 Å². The van der Waals surface area contributed by atoms with E-state index < -0.39 is 5.41 Å². The third-order valence-corrected chi connectivity index (χ3v) is 4.62. The normalized spacial score (nSPS) is 19.2. The van der Waals surface area contributed by atoms with E-state index in [0.29, 0.717) is 24.8 Å². The quantitative estimate of drug-likeness (QED) is 0.774. The second-order valence-electron chi connectivity index (χ2n) is 5.59. The number of halogens is 2. The van der Waals surface area contributed by atoms with Crippen LogP contribution in [0.15, 0.2) is 22.8 Å². The van der Waals surface area contributed by atoms with E-state index in [4.69, 9.17) is 16.3 Å². The zero-order valence-electron chi connectivity index (χ0n) is 11.6. The van der Waals surface area contributed by atoms with E-state index in [1.807, 2.05) is 30.9 Å². The number of ether oxygens (including phenoxy) is 1. The minimum absolute atomic E-state index is 0.0173. The first kappa shape index (κ1) is 15.6. The Bertz CT molecular complexity index is 496. The molecule has 20 heavy (non-hydrogen) atoms. The fraction of sp³-hybridized carbons (Fsp3) is 0.571. The number of nitrogens with zero attached hydrogens (tertiary/aromatic N) is 2. The molecule has 0 radical (unpaired) electrons. The molecule has 0 aliphatic carbocycles. The molecule has 1 atom stereocenters. The molecule has 2 heterocycles. The van der Waals surface area contributed by atoms with Crippen molar-refractivity contribution in [1.82, 2.24) is 9.88 Å². The minimum atomic E-state index is -0.526. The van der Waals surface area contributed by atoms with Gasteiger partial charge in [-0.3, -0.25) is 4.79 Å². The highest BCUT2D eigenvalue weighted by Gasteiger charge is 2.36. The molecule has 1 amide bonds. The largest absolute Gasteiger partial charge is 0.472 e. The predicted molar refractivity (Wildman–Crippen MR) is 82.1 cm³/mol. The van der Waals surface area contributed by atoms with Gasteiger partial charge in [0.25, 0.3) is 0 Å². The molecule has 0 spiro atoms. The molecule has 1 aromatic heterocycles. The van der Waals surface area contributed by atoms with Crippen LogP contribution < -0.4 is 4.74 Å². The van der Waals surface area contributed by atoms with Gasteiger partial charge >= 0.3 is 0 Å². The molecule has 1 aromatic rings. The van der Waals surface area contributed by atoms with Crippen molar-refractivity contribution in [3.05, 3.63) is 22.8 Å². The highest BCUT2D eigenvalue weighted by molar-refractivity contribution is 9.10. The number of alkyl halides is 1. The van der Waals surface area contributed by atoms with Gasteiger partial charge < -0.3 is 9.64 Å². The molecule has 0 N–H and O–H groups in total. The number of hydrogen-bond donors (Lipinski definition) is 0. The number of pyridine rings is 1. The number of hydrogen-bond acceptors (Lipinski definition) is 3. The highest BCUT2D eigenvalue weighted by atomic mass is 79.9. The second kappa shape index (κ2) is 6.31. The van der Waals surface area contributed by atoms with Crippen LogP contribution in [0.5, 0.6) is 5.88 Å². The van der Waals surface area contributed by atoms with Crippen molar-refractivity contribution in [3.63, 3.8) is 0 Å². The summed E-state index contributed by atoms with van der Waals surface area (Å²) in [5.74, 6) is 0.974. The van der Waals surface area contributed by atoms with Gasteiger partial charge in [0, 0.05) is 25.0 Å². The van der Waals surface area contributed by atoms with Crippen molar-refractivity contribution in [1.29, 1.82) is 0 Å². The van der Waals surface area contributed by atoms with Gasteiger partial charge in [-0.05, 0) is 41.9 Å². The number of likely N-dealkylation sites (tertiary alicyclic amines) is 1. The summed E-state index contributed by atoms with van der Waals surface area (Å²) in [5.41, 5.74) is -0.526. The minimum Gasteiger partial charge on any atom is -0.472 e. The molecule has 1 aliphatic heterocycles. The first-order valence-corrected chi connectivity index (χ1v) is 7.89. The first-order valence-electron chi connectivity index (χ1n) is 6.56. The maximum atomic E-state index is 12.3. The van der Waals surface area contributed by atoms with E-state index in [2.05, 4.69) is 20.9 Å². The van der Waals surface area contributed by atoms with Crippen molar-refractivity contribution >= 4 is 33.4 Å². The molecule has 2 rings (SSSR count). The summed E-state index contributed by atoms with van der Waals surface area (Å²) < 4.78 is 6.67. The molecule has 110 valence electrons. The van der Waals surface area contributed by atoms with Gasteiger partial charge in [0.2, 0.25) is 11.8 Å². The Labute approximate surface area is 132 Å². The molecule has 0 saturated carbocycles. The summed E-state index contributed by atoms with van der Waals surface area (Å²) in [6, 6.07) is 3.72. The van der Waals surface area contributed by atoms with Crippen LogP contribution in [0.4, 0.5) is 0 Å². The third kappa shape index (κ3) is 3.44. The first-order chi connectivity index (χ1) is 9.44. The molecular weight excluding hydrogens is 344 g/mol. The van der Waals surface area contributed by atoms with Crippen molar-refractivity contribution in [2.45, 2.75) is 26.4 Å². The van der Waals surface area contributed by atoms with Gasteiger partial charge in [-0.25, -0.2) is 4.98 Å². The average Bonchev–Trinajstić information content (AvgIpc) is 2.89. The van der Waals surface area contributed by atoms with Crippen molar-refractivity contribution in [3.8, 4) is 5.88 Å². The molecular formula is C14H18BrClN2O2. The lowest BCUT2D eigenvalue weighted by Crippen LogP contribution is -2.41. The Morgan fingerprint density at radius 3 is 3.05 bits per heavy atom. The Kier molecular flexibility index (Phi) is 4.91. The van der Waals surface area contributed by atoms with Crippen molar-refractivity contribution < 1.29 is 9.53 Å². The molecule has 4 nitrogen and oxygen atoms in total. The standard InChI is InChI=1S/C14H18BrClN2O2/c1-14(2,9-16)13(19)18-7-5-10(8-18)20-12-11(15)4-3-6-17-12/h3-4,6,10H,5,7-9H2,1-2H3. The molecule has 1 fully saturated rings. The Hall–Kier alpha value is -0.810. The fourth-order valence-corrected chi connectivity index (χ4v) is 2.57. The highest BCUT2D eigenvalue weighted by Crippen LogP contribution is 2.27. The van der Waals surface area contributed by atoms with E-state index in [9.17, 15) is 4.79 Å². The zero-order valence-corrected chi connectivity index (χ0v) is 13.9. The van der Waals surface area contributed by atoms with Crippen LogP contribution in [0.25, 0.3) is 0 Å². The number of carbonyl (C=O) groups excluding carboxylic acids is 1. The van der Waals surface area contributed by atoms with Crippen LogP contribution in [0.1, 0.15) is 20.3 Å². The van der Waals surface area contributed by atoms with Gasteiger partial charge in [-0.15, -0.1) is 11.6 Å². The topological polar surface area (TPSA) is 42.4 Å². The van der Waals surface area contributed by atoms with Gasteiger partial charge in [-0.2, -0.15) is 0 Å². The molecule has 1 unspecified atom stereocenters. The van der Waals surface area contributed by atoms with Crippen LogP contribution in [0, 0.1) is 5.41 Å². The molecule has 0 bridgehead atoms. The number of aromatic nitrogens is 1. The van der Waals surface area contributed by atoms with Gasteiger partial charge in [0.1, 0.15) is 6.10 Å². The lowest BCUT2D eigenvalue weighted by molar-refractivity contribution is -0.138. The Balaban J connectivity index is 1.96. The summed E-state index contributed by atoms with van der Waals surface area (Å²) in [4.78, 5) is 18.3. The maximum absolute atomic E-state index is 12.3. The van der Waals surface area contributed by atoms with Gasteiger partial charge in [0.05, 0.1) is 16.4 Å². The third-order valence-electron chi connectivity index (χ3n) is 3.35. The van der Waals surface area contributed by atoms with Crippen LogP contribution in [-0.4, -0.2) is 40.9 Å². The molecule has 1 saturated heterocycles. The Morgan fingerprint density at radius 1 is 1.65 bits per heavy atom.